The third-order valence-corrected chi connectivity index (χ3v) is 5.99. The van der Waals surface area contributed by atoms with E-state index < -0.39 is 15.5 Å². The molecule has 1 aliphatic heterocycles. The molecule has 0 aromatic heterocycles. The normalized spacial score (nSPS) is 17.1. The molecule has 1 heterocycles. The quantitative estimate of drug-likeness (QED) is 0.482. The minimum Gasteiger partial charge on any atom is -0.354 e. The third-order valence-electron chi connectivity index (χ3n) is 4.36. The van der Waals surface area contributed by atoms with Crippen molar-refractivity contribution in [3.05, 3.63) is 29.8 Å². The topological polar surface area (TPSA) is 103 Å². The molecule has 0 saturated carbocycles. The summed E-state index contributed by atoms with van der Waals surface area (Å²) in [7, 11) is -3.72. The predicted molar refractivity (Wildman–Crippen MR) is 104 cm³/mol. The number of aliphatic imine (C=N–C) groups is 1. The first-order valence-corrected chi connectivity index (χ1v) is 10.4. The summed E-state index contributed by atoms with van der Waals surface area (Å²) in [5, 5.41) is 8.89. The lowest BCUT2D eigenvalue weighted by molar-refractivity contribution is -0.114. The molecule has 3 N–H and O–H groups in total. The summed E-state index contributed by atoms with van der Waals surface area (Å²) in [6.07, 6.45) is 0.460. The molecule has 1 aromatic carbocycles. The van der Waals surface area contributed by atoms with Gasteiger partial charge in [0.1, 0.15) is 0 Å². The highest BCUT2D eigenvalue weighted by molar-refractivity contribution is 7.90. The highest BCUT2D eigenvalue weighted by atomic mass is 32.2. The smallest absolute Gasteiger partial charge is 0.354 e. The Morgan fingerprint density at radius 1 is 1.28 bits per heavy atom. The highest BCUT2D eigenvalue weighted by Crippen LogP contribution is 2.28. The van der Waals surface area contributed by atoms with E-state index in [1.54, 1.807) is 19.2 Å². The fourth-order valence-corrected chi connectivity index (χ4v) is 3.91. The maximum absolute atomic E-state index is 12.6. The molecule has 1 aliphatic rings. The number of hydrogen-bond acceptors (Lipinski definition) is 4. The Labute approximate surface area is 167 Å². The molecule has 2 rings (SSSR count). The van der Waals surface area contributed by atoms with E-state index in [9.17, 15) is 26.4 Å². The maximum Gasteiger partial charge on any atom is 0.511 e. The standard InChI is InChI=1S/C17H24F3N5O3S/c1-12(26)23-15-5-3-4-13(10-15)11-22-16(21-2)24-14-6-8-25(9-7-14)29(27,28)17(18,19)20/h3-5,10,14H,6-9,11H2,1-2H3,(H,23,26)(H2,21,22,24). The molecule has 0 unspecified atom stereocenters. The van der Waals surface area contributed by atoms with Crippen LogP contribution in [0.1, 0.15) is 25.3 Å². The van der Waals surface area contributed by atoms with Crippen LogP contribution in [0.25, 0.3) is 0 Å². The molecule has 1 aromatic rings. The number of nitrogens with zero attached hydrogens (tertiary/aromatic N) is 2. The second-order valence-electron chi connectivity index (χ2n) is 6.58. The molecular weight excluding hydrogens is 411 g/mol. The molecule has 0 aliphatic carbocycles. The number of halogens is 3. The van der Waals surface area contributed by atoms with Crippen molar-refractivity contribution in [1.29, 1.82) is 0 Å². The monoisotopic (exact) mass is 435 g/mol. The van der Waals surface area contributed by atoms with Gasteiger partial charge in [0.25, 0.3) is 0 Å². The van der Waals surface area contributed by atoms with Gasteiger partial charge in [-0.2, -0.15) is 17.5 Å². The molecule has 0 atom stereocenters. The van der Waals surface area contributed by atoms with Crippen molar-refractivity contribution in [3.8, 4) is 0 Å². The average Bonchev–Trinajstić information content (AvgIpc) is 2.64. The SMILES string of the molecule is CN=C(NCc1cccc(NC(C)=O)c1)NC1CCN(S(=O)(=O)C(F)(F)F)CC1. The van der Waals surface area contributed by atoms with E-state index in [-0.39, 0.29) is 37.9 Å². The number of sulfonamides is 1. The largest absolute Gasteiger partial charge is 0.511 e. The zero-order chi connectivity index (χ0) is 21.7. The number of rotatable bonds is 5. The summed E-state index contributed by atoms with van der Waals surface area (Å²) in [5.74, 6) is 0.276. The molecule has 0 spiro atoms. The Morgan fingerprint density at radius 2 is 1.93 bits per heavy atom. The van der Waals surface area contributed by atoms with Crippen LogP contribution in [0.5, 0.6) is 0 Å². The van der Waals surface area contributed by atoms with Crippen molar-refractivity contribution >= 4 is 27.6 Å². The van der Waals surface area contributed by atoms with Gasteiger partial charge in [0, 0.05) is 45.3 Å². The predicted octanol–water partition coefficient (Wildman–Crippen LogP) is 1.62. The van der Waals surface area contributed by atoms with E-state index in [0.29, 0.717) is 22.5 Å². The highest BCUT2D eigenvalue weighted by Gasteiger charge is 2.50. The van der Waals surface area contributed by atoms with Crippen molar-refractivity contribution < 1.29 is 26.4 Å². The molecule has 0 radical (unpaired) electrons. The summed E-state index contributed by atoms with van der Waals surface area (Å²) in [5.41, 5.74) is -3.72. The number of alkyl halides is 3. The van der Waals surface area contributed by atoms with Crippen LogP contribution in [0.15, 0.2) is 29.3 Å². The minimum absolute atomic E-state index is 0.175. The Balaban J connectivity index is 1.87. The summed E-state index contributed by atoms with van der Waals surface area (Å²) < 4.78 is 61.3. The lowest BCUT2D eigenvalue weighted by Gasteiger charge is -2.32. The second kappa shape index (κ2) is 9.44. The first-order valence-electron chi connectivity index (χ1n) is 8.93. The fraction of sp³-hybridized carbons (Fsp3) is 0.529. The molecule has 1 fully saturated rings. The van der Waals surface area contributed by atoms with E-state index in [1.807, 2.05) is 12.1 Å². The van der Waals surface area contributed by atoms with Crippen LogP contribution in [-0.2, 0) is 21.4 Å². The number of nitrogens with one attached hydrogen (secondary N) is 3. The van der Waals surface area contributed by atoms with Gasteiger partial charge >= 0.3 is 15.5 Å². The maximum atomic E-state index is 12.6. The zero-order valence-corrected chi connectivity index (χ0v) is 16.9. The minimum atomic E-state index is -5.29. The zero-order valence-electron chi connectivity index (χ0n) is 16.1. The lowest BCUT2D eigenvalue weighted by Crippen LogP contribution is -2.51. The van der Waals surface area contributed by atoms with Crippen LogP contribution in [0.4, 0.5) is 18.9 Å². The van der Waals surface area contributed by atoms with Crippen LogP contribution >= 0.6 is 0 Å². The van der Waals surface area contributed by atoms with Crippen LogP contribution in [0, 0.1) is 0 Å². The van der Waals surface area contributed by atoms with E-state index in [4.69, 9.17) is 0 Å². The summed E-state index contributed by atoms with van der Waals surface area (Å²) in [6.45, 7) is 1.40. The molecule has 8 nitrogen and oxygen atoms in total. The van der Waals surface area contributed by atoms with Gasteiger partial charge in [-0.3, -0.25) is 9.79 Å². The first kappa shape index (κ1) is 22.9. The van der Waals surface area contributed by atoms with Gasteiger partial charge in [0.15, 0.2) is 5.96 Å². The van der Waals surface area contributed by atoms with Gasteiger partial charge in [0.05, 0.1) is 0 Å². The Bertz CT molecular complexity index is 850. The Morgan fingerprint density at radius 3 is 2.48 bits per heavy atom. The molecule has 29 heavy (non-hydrogen) atoms. The summed E-state index contributed by atoms with van der Waals surface area (Å²) >= 11 is 0. The molecule has 162 valence electrons. The molecule has 1 amide bonds. The van der Waals surface area contributed by atoms with E-state index in [2.05, 4.69) is 20.9 Å². The van der Waals surface area contributed by atoms with Gasteiger partial charge in [0.2, 0.25) is 5.91 Å². The Kier molecular flexibility index (Phi) is 7.47. The number of anilines is 1. The van der Waals surface area contributed by atoms with Gasteiger partial charge in [-0.15, -0.1) is 0 Å². The van der Waals surface area contributed by atoms with Gasteiger partial charge in [-0.1, -0.05) is 12.1 Å². The van der Waals surface area contributed by atoms with E-state index in [0.717, 1.165) is 5.56 Å². The van der Waals surface area contributed by atoms with Gasteiger partial charge in [-0.05, 0) is 30.5 Å². The van der Waals surface area contributed by atoms with Crippen molar-refractivity contribution in [2.75, 3.05) is 25.5 Å². The number of guanidine groups is 1. The van der Waals surface area contributed by atoms with Crippen LogP contribution in [0.2, 0.25) is 0 Å². The van der Waals surface area contributed by atoms with Crippen molar-refractivity contribution in [2.24, 2.45) is 4.99 Å². The molecular formula is C17H24F3N5O3S. The summed E-state index contributed by atoms with van der Waals surface area (Å²) in [6, 6.07) is 7.04. The molecule has 12 heteroatoms. The van der Waals surface area contributed by atoms with Crippen molar-refractivity contribution in [1.82, 2.24) is 14.9 Å². The van der Waals surface area contributed by atoms with Gasteiger partial charge < -0.3 is 16.0 Å². The van der Waals surface area contributed by atoms with Crippen LogP contribution in [-0.4, -0.2) is 56.3 Å². The number of carbonyl (C=O) groups excluding carboxylic acids is 1. The lowest BCUT2D eigenvalue weighted by atomic mass is 10.1. The fourth-order valence-electron chi connectivity index (χ4n) is 2.92. The van der Waals surface area contributed by atoms with Crippen molar-refractivity contribution in [2.45, 2.75) is 37.9 Å². The van der Waals surface area contributed by atoms with Crippen LogP contribution in [0.3, 0.4) is 0 Å². The summed E-state index contributed by atoms with van der Waals surface area (Å²) in [4.78, 5) is 15.2. The third kappa shape index (κ3) is 6.32. The Hall–Kier alpha value is -2.34. The molecule has 1 saturated heterocycles. The first-order chi connectivity index (χ1) is 13.5. The second-order valence-corrected chi connectivity index (χ2v) is 8.51. The van der Waals surface area contributed by atoms with E-state index in [1.165, 1.54) is 6.92 Å². The number of carbonyl (C=O) groups is 1. The van der Waals surface area contributed by atoms with E-state index >= 15 is 0 Å². The van der Waals surface area contributed by atoms with Crippen molar-refractivity contribution in [3.63, 3.8) is 0 Å². The number of hydrogen-bond donors (Lipinski definition) is 3. The molecule has 0 bridgehead atoms. The van der Waals surface area contributed by atoms with Crippen LogP contribution < -0.4 is 16.0 Å². The van der Waals surface area contributed by atoms with Gasteiger partial charge in [-0.25, -0.2) is 8.42 Å². The average molecular weight is 435 g/mol. The number of piperidine rings is 1. The number of benzene rings is 1. The number of amides is 1.